The standard InChI is InChI=1S/C12H12BrN3O2/c1-2-4-10(17)14-12-16-15-11(18-12)8-5-3-6-9(13)7-8/h3,5-7H,2,4H2,1H3,(H,14,16,17). The fourth-order valence-electron chi connectivity index (χ4n) is 1.42. The highest BCUT2D eigenvalue weighted by Gasteiger charge is 2.10. The van der Waals surface area contributed by atoms with Gasteiger partial charge in [0, 0.05) is 16.5 Å². The van der Waals surface area contributed by atoms with Gasteiger partial charge < -0.3 is 4.42 Å². The van der Waals surface area contributed by atoms with E-state index in [0.29, 0.717) is 12.3 Å². The van der Waals surface area contributed by atoms with Gasteiger partial charge in [-0.25, -0.2) is 0 Å². The number of nitrogens with zero attached hydrogens (tertiary/aromatic N) is 2. The number of hydrogen-bond donors (Lipinski definition) is 1. The van der Waals surface area contributed by atoms with Crippen molar-refractivity contribution in [3.8, 4) is 11.5 Å². The normalized spacial score (nSPS) is 10.3. The van der Waals surface area contributed by atoms with Crippen LogP contribution in [0.5, 0.6) is 0 Å². The number of carbonyl (C=O) groups excluding carboxylic acids is 1. The van der Waals surface area contributed by atoms with E-state index in [0.717, 1.165) is 16.5 Å². The second-order valence-corrected chi connectivity index (χ2v) is 4.64. The van der Waals surface area contributed by atoms with Crippen LogP contribution in [0.2, 0.25) is 0 Å². The zero-order valence-electron chi connectivity index (χ0n) is 9.81. The maximum Gasteiger partial charge on any atom is 0.322 e. The molecule has 0 fully saturated rings. The van der Waals surface area contributed by atoms with E-state index in [4.69, 9.17) is 4.42 Å². The highest BCUT2D eigenvalue weighted by atomic mass is 79.9. The van der Waals surface area contributed by atoms with E-state index in [1.165, 1.54) is 0 Å². The second-order valence-electron chi connectivity index (χ2n) is 3.72. The lowest BCUT2D eigenvalue weighted by Gasteiger charge is -1.97. The topological polar surface area (TPSA) is 68.0 Å². The lowest BCUT2D eigenvalue weighted by atomic mass is 10.2. The zero-order valence-corrected chi connectivity index (χ0v) is 11.4. The van der Waals surface area contributed by atoms with Crippen LogP contribution in [-0.4, -0.2) is 16.1 Å². The molecule has 6 heteroatoms. The van der Waals surface area contributed by atoms with E-state index >= 15 is 0 Å². The number of aromatic nitrogens is 2. The zero-order chi connectivity index (χ0) is 13.0. The Hall–Kier alpha value is -1.69. The Morgan fingerprint density at radius 3 is 3.00 bits per heavy atom. The van der Waals surface area contributed by atoms with Gasteiger partial charge in [-0.1, -0.05) is 34.0 Å². The van der Waals surface area contributed by atoms with E-state index in [9.17, 15) is 4.79 Å². The van der Waals surface area contributed by atoms with Gasteiger partial charge in [-0.3, -0.25) is 10.1 Å². The highest BCUT2D eigenvalue weighted by Crippen LogP contribution is 2.22. The van der Waals surface area contributed by atoms with E-state index in [1.807, 2.05) is 31.2 Å². The number of hydrogen-bond acceptors (Lipinski definition) is 4. The quantitative estimate of drug-likeness (QED) is 0.941. The maximum atomic E-state index is 11.4. The van der Waals surface area contributed by atoms with Crippen molar-refractivity contribution < 1.29 is 9.21 Å². The molecule has 94 valence electrons. The molecule has 0 atom stereocenters. The molecule has 0 saturated carbocycles. The molecule has 0 aliphatic carbocycles. The molecule has 5 nitrogen and oxygen atoms in total. The van der Waals surface area contributed by atoms with Crippen molar-refractivity contribution in [3.63, 3.8) is 0 Å². The van der Waals surface area contributed by atoms with Crippen molar-refractivity contribution in [3.05, 3.63) is 28.7 Å². The largest absolute Gasteiger partial charge is 0.403 e. The van der Waals surface area contributed by atoms with E-state index in [-0.39, 0.29) is 11.9 Å². The summed E-state index contributed by atoms with van der Waals surface area (Å²) >= 11 is 3.37. The fraction of sp³-hybridized carbons (Fsp3) is 0.250. The number of rotatable bonds is 4. The van der Waals surface area contributed by atoms with Gasteiger partial charge in [0.15, 0.2) is 0 Å². The first-order chi connectivity index (χ1) is 8.69. The molecule has 1 N–H and O–H groups in total. The van der Waals surface area contributed by atoms with Crippen LogP contribution in [0.3, 0.4) is 0 Å². The number of halogens is 1. The molecule has 0 saturated heterocycles. The molecule has 0 spiro atoms. The molecular formula is C12H12BrN3O2. The molecule has 2 aromatic rings. The smallest absolute Gasteiger partial charge is 0.322 e. The van der Waals surface area contributed by atoms with Crippen LogP contribution in [0.15, 0.2) is 33.2 Å². The third-order valence-electron chi connectivity index (χ3n) is 2.22. The number of anilines is 1. The van der Waals surface area contributed by atoms with Gasteiger partial charge in [-0.05, 0) is 24.6 Å². The predicted molar refractivity (Wildman–Crippen MR) is 71.0 cm³/mol. The van der Waals surface area contributed by atoms with Gasteiger partial charge in [-0.2, -0.15) is 0 Å². The van der Waals surface area contributed by atoms with Crippen LogP contribution in [0.25, 0.3) is 11.5 Å². The summed E-state index contributed by atoms with van der Waals surface area (Å²) in [6.07, 6.45) is 1.22. The van der Waals surface area contributed by atoms with Crippen LogP contribution in [0.1, 0.15) is 19.8 Å². The Balaban J connectivity index is 2.13. The van der Waals surface area contributed by atoms with Crippen LogP contribution < -0.4 is 5.32 Å². The molecule has 2 rings (SSSR count). The number of benzene rings is 1. The maximum absolute atomic E-state index is 11.4. The van der Waals surface area contributed by atoms with Gasteiger partial charge in [0.1, 0.15) is 0 Å². The van der Waals surface area contributed by atoms with Crippen LogP contribution in [0, 0.1) is 0 Å². The summed E-state index contributed by atoms with van der Waals surface area (Å²) in [5.41, 5.74) is 0.799. The van der Waals surface area contributed by atoms with Crippen LogP contribution >= 0.6 is 15.9 Å². The molecular weight excluding hydrogens is 298 g/mol. The first kappa shape index (κ1) is 12.8. The third-order valence-corrected chi connectivity index (χ3v) is 2.71. The van der Waals surface area contributed by atoms with Crippen molar-refractivity contribution in [2.24, 2.45) is 0 Å². The lowest BCUT2D eigenvalue weighted by Crippen LogP contribution is -2.10. The summed E-state index contributed by atoms with van der Waals surface area (Å²) in [7, 11) is 0. The average Bonchev–Trinajstić information content (AvgIpc) is 2.78. The van der Waals surface area contributed by atoms with Gasteiger partial charge in [-0.15, -0.1) is 5.10 Å². The molecule has 18 heavy (non-hydrogen) atoms. The average molecular weight is 310 g/mol. The molecule has 1 amide bonds. The fourth-order valence-corrected chi connectivity index (χ4v) is 1.82. The predicted octanol–water partition coefficient (Wildman–Crippen LogP) is 3.24. The van der Waals surface area contributed by atoms with E-state index in [1.54, 1.807) is 0 Å². The van der Waals surface area contributed by atoms with E-state index in [2.05, 4.69) is 31.4 Å². The Kier molecular flexibility index (Phi) is 4.09. The van der Waals surface area contributed by atoms with Crippen molar-refractivity contribution in [2.45, 2.75) is 19.8 Å². The SMILES string of the molecule is CCCC(=O)Nc1nnc(-c2cccc(Br)c2)o1. The first-order valence-corrected chi connectivity index (χ1v) is 6.37. The Labute approximate surface area is 113 Å². The summed E-state index contributed by atoms with van der Waals surface area (Å²) in [5, 5.41) is 10.2. The number of nitrogens with one attached hydrogen (secondary N) is 1. The Morgan fingerprint density at radius 2 is 2.28 bits per heavy atom. The number of carbonyl (C=O) groups is 1. The third kappa shape index (κ3) is 3.16. The summed E-state index contributed by atoms with van der Waals surface area (Å²) in [6, 6.07) is 7.63. The van der Waals surface area contributed by atoms with Crippen LogP contribution in [0.4, 0.5) is 6.01 Å². The van der Waals surface area contributed by atoms with Crippen molar-refractivity contribution in [1.29, 1.82) is 0 Å². The molecule has 0 bridgehead atoms. The Morgan fingerprint density at radius 1 is 1.44 bits per heavy atom. The Bertz CT molecular complexity index is 554. The van der Waals surface area contributed by atoms with E-state index < -0.39 is 0 Å². The summed E-state index contributed by atoms with van der Waals surface area (Å²) in [5.74, 6) is 0.255. The van der Waals surface area contributed by atoms with Gasteiger partial charge in [0.25, 0.3) is 0 Å². The number of amides is 1. The van der Waals surface area contributed by atoms with Crippen molar-refractivity contribution in [2.75, 3.05) is 5.32 Å². The first-order valence-electron chi connectivity index (χ1n) is 5.58. The van der Waals surface area contributed by atoms with Gasteiger partial charge in [0.2, 0.25) is 11.8 Å². The molecule has 0 unspecified atom stereocenters. The molecule has 1 heterocycles. The molecule has 1 aromatic heterocycles. The summed E-state index contributed by atoms with van der Waals surface area (Å²) in [6.45, 7) is 1.93. The molecule has 0 aliphatic heterocycles. The minimum absolute atomic E-state index is 0.123. The van der Waals surface area contributed by atoms with Crippen molar-refractivity contribution >= 4 is 27.9 Å². The minimum atomic E-state index is -0.123. The molecule has 0 aliphatic rings. The monoisotopic (exact) mass is 309 g/mol. The van der Waals surface area contributed by atoms with Crippen LogP contribution in [-0.2, 0) is 4.79 Å². The molecule has 1 aromatic carbocycles. The summed E-state index contributed by atoms with van der Waals surface area (Å²) in [4.78, 5) is 11.4. The van der Waals surface area contributed by atoms with Gasteiger partial charge in [0.05, 0.1) is 0 Å². The second kappa shape index (κ2) is 5.77. The molecule has 0 radical (unpaired) electrons. The lowest BCUT2D eigenvalue weighted by molar-refractivity contribution is -0.116. The summed E-state index contributed by atoms with van der Waals surface area (Å²) < 4.78 is 6.29. The highest BCUT2D eigenvalue weighted by molar-refractivity contribution is 9.10. The minimum Gasteiger partial charge on any atom is -0.403 e. The van der Waals surface area contributed by atoms with Gasteiger partial charge >= 0.3 is 6.01 Å². The van der Waals surface area contributed by atoms with Crippen molar-refractivity contribution in [1.82, 2.24) is 10.2 Å².